The molecule has 4 rings (SSSR count). The average molecular weight is 506 g/mol. The van der Waals surface area contributed by atoms with Crippen molar-refractivity contribution in [3.8, 4) is 0 Å². The summed E-state index contributed by atoms with van der Waals surface area (Å²) in [6.45, 7) is 3.45. The highest BCUT2D eigenvalue weighted by Gasteiger charge is 2.32. The molecular weight excluding hydrogens is 474 g/mol. The Bertz CT molecular complexity index is 1060. The van der Waals surface area contributed by atoms with E-state index >= 15 is 0 Å². The van der Waals surface area contributed by atoms with Crippen LogP contribution in [0.25, 0.3) is 0 Å². The summed E-state index contributed by atoms with van der Waals surface area (Å²) < 4.78 is 51.9. The van der Waals surface area contributed by atoms with Gasteiger partial charge in [0.2, 0.25) is 5.91 Å². The van der Waals surface area contributed by atoms with Crippen molar-refractivity contribution in [1.82, 2.24) is 10.2 Å². The topological polar surface area (TPSA) is 52.7 Å². The molecule has 2 atom stereocenters. The second-order valence-corrected chi connectivity index (χ2v) is 9.60. The molecule has 36 heavy (non-hydrogen) atoms. The number of carbonyl (C=O) groups excluding carboxylic acids is 2. The van der Waals surface area contributed by atoms with E-state index in [0.717, 1.165) is 69.7 Å². The molecular formula is C27H31F4N3O2. The molecule has 2 heterocycles. The summed E-state index contributed by atoms with van der Waals surface area (Å²) in [6, 6.07) is 11.3. The van der Waals surface area contributed by atoms with Crippen LogP contribution in [0.2, 0.25) is 0 Å². The third-order valence-corrected chi connectivity index (χ3v) is 7.08. The van der Waals surface area contributed by atoms with Crippen LogP contribution in [-0.2, 0) is 11.0 Å². The van der Waals surface area contributed by atoms with Crippen molar-refractivity contribution in [3.05, 3.63) is 65.5 Å². The van der Waals surface area contributed by atoms with Crippen LogP contribution in [0.1, 0.15) is 54.4 Å². The maximum absolute atomic E-state index is 13.2. The quantitative estimate of drug-likeness (QED) is 0.422. The normalized spacial score (nSPS) is 21.3. The van der Waals surface area contributed by atoms with Gasteiger partial charge in [-0.1, -0.05) is 12.1 Å². The van der Waals surface area contributed by atoms with Crippen LogP contribution in [0.15, 0.2) is 48.5 Å². The summed E-state index contributed by atoms with van der Waals surface area (Å²) >= 11 is 0. The molecule has 194 valence electrons. The molecule has 0 bridgehead atoms. The highest BCUT2D eigenvalue weighted by molar-refractivity contribution is 5.98. The minimum absolute atomic E-state index is 0.00221. The number of hydrogen-bond donors (Lipinski definition) is 1. The summed E-state index contributed by atoms with van der Waals surface area (Å²) in [5.74, 6) is -0.976. The molecule has 2 fully saturated rings. The van der Waals surface area contributed by atoms with Crippen molar-refractivity contribution in [2.75, 3.05) is 31.1 Å². The molecule has 2 aliphatic heterocycles. The third kappa shape index (κ3) is 6.84. The molecule has 1 N–H and O–H groups in total. The molecule has 0 unspecified atom stereocenters. The van der Waals surface area contributed by atoms with Gasteiger partial charge in [-0.15, -0.1) is 0 Å². The number of anilines is 1. The second-order valence-electron chi connectivity index (χ2n) is 9.60. The predicted octanol–water partition coefficient (Wildman–Crippen LogP) is 5.06. The van der Waals surface area contributed by atoms with Gasteiger partial charge in [0.25, 0.3) is 0 Å². The lowest BCUT2D eigenvalue weighted by Gasteiger charge is -2.27. The molecule has 2 aromatic rings. The number of hydrogen-bond acceptors (Lipinski definition) is 4. The van der Waals surface area contributed by atoms with E-state index in [1.54, 1.807) is 0 Å². The van der Waals surface area contributed by atoms with E-state index in [0.29, 0.717) is 6.04 Å². The van der Waals surface area contributed by atoms with Gasteiger partial charge in [0, 0.05) is 62.4 Å². The van der Waals surface area contributed by atoms with Crippen LogP contribution < -0.4 is 10.2 Å². The van der Waals surface area contributed by atoms with Crippen LogP contribution in [0.5, 0.6) is 0 Å². The maximum Gasteiger partial charge on any atom is 0.416 e. The highest BCUT2D eigenvalue weighted by atomic mass is 19.4. The Morgan fingerprint density at radius 3 is 2.47 bits per heavy atom. The van der Waals surface area contributed by atoms with Crippen LogP contribution in [0.4, 0.5) is 23.2 Å². The molecule has 2 aromatic carbocycles. The summed E-state index contributed by atoms with van der Waals surface area (Å²) in [5.41, 5.74) is 0.124. The SMILES string of the molecule is O=C(CCC(=O)c1cccc(C(F)(F)F)c1)N[C@@H]1CCN([C@@H]2CCCN(c3ccc(F)cc3)CC2)C1. The molecule has 2 saturated heterocycles. The summed E-state index contributed by atoms with van der Waals surface area (Å²) in [4.78, 5) is 29.4. The first kappa shape index (κ1) is 26.1. The molecule has 0 saturated carbocycles. The predicted molar refractivity (Wildman–Crippen MR) is 129 cm³/mol. The second kappa shape index (κ2) is 11.4. The Morgan fingerprint density at radius 1 is 0.944 bits per heavy atom. The average Bonchev–Trinajstić information content (AvgIpc) is 3.17. The van der Waals surface area contributed by atoms with Gasteiger partial charge in [0.05, 0.1) is 5.56 Å². The largest absolute Gasteiger partial charge is 0.416 e. The molecule has 2 aliphatic rings. The zero-order valence-electron chi connectivity index (χ0n) is 20.1. The van der Waals surface area contributed by atoms with Crippen molar-refractivity contribution < 1.29 is 27.2 Å². The van der Waals surface area contributed by atoms with E-state index in [9.17, 15) is 27.2 Å². The lowest BCUT2D eigenvalue weighted by molar-refractivity contribution is -0.137. The standard InChI is InChI=1S/C27H31F4N3O2/c28-21-6-8-24(9-7-21)33-14-2-5-23(13-16-33)34-15-12-22(18-34)32-26(36)11-10-25(35)19-3-1-4-20(17-19)27(29,30)31/h1,3-4,6-9,17,22-23H,2,5,10-16,18H2,(H,32,36)/t22-,23-/m1/s1. The van der Waals surface area contributed by atoms with Crippen molar-refractivity contribution in [2.45, 2.75) is 56.8 Å². The van der Waals surface area contributed by atoms with Crippen molar-refractivity contribution in [2.24, 2.45) is 0 Å². The van der Waals surface area contributed by atoms with E-state index in [-0.39, 0.29) is 36.2 Å². The molecule has 0 spiro atoms. The van der Waals surface area contributed by atoms with Crippen molar-refractivity contribution in [3.63, 3.8) is 0 Å². The number of amides is 1. The number of halogens is 4. The van der Waals surface area contributed by atoms with Crippen LogP contribution >= 0.6 is 0 Å². The molecule has 9 heteroatoms. The highest BCUT2D eigenvalue weighted by Crippen LogP contribution is 2.30. The van der Waals surface area contributed by atoms with Gasteiger partial charge in [-0.2, -0.15) is 13.2 Å². The van der Waals surface area contributed by atoms with Crippen molar-refractivity contribution >= 4 is 17.4 Å². The van der Waals surface area contributed by atoms with Gasteiger partial charge in [0.15, 0.2) is 5.78 Å². The van der Waals surface area contributed by atoms with Gasteiger partial charge in [-0.05, 0) is 62.1 Å². The summed E-state index contributed by atoms with van der Waals surface area (Å²) in [5, 5.41) is 2.99. The fraction of sp³-hybridized carbons (Fsp3) is 0.481. The van der Waals surface area contributed by atoms with E-state index in [4.69, 9.17) is 0 Å². The van der Waals surface area contributed by atoms with E-state index < -0.39 is 17.5 Å². The summed E-state index contributed by atoms with van der Waals surface area (Å²) in [7, 11) is 0. The van der Waals surface area contributed by atoms with E-state index in [1.807, 2.05) is 12.1 Å². The first-order valence-electron chi connectivity index (χ1n) is 12.4. The van der Waals surface area contributed by atoms with Gasteiger partial charge in [0.1, 0.15) is 5.82 Å². The number of rotatable bonds is 7. The monoisotopic (exact) mass is 505 g/mol. The molecule has 1 amide bonds. The number of carbonyl (C=O) groups is 2. The minimum atomic E-state index is -4.52. The Hall–Kier alpha value is -2.94. The third-order valence-electron chi connectivity index (χ3n) is 7.08. The Morgan fingerprint density at radius 2 is 1.72 bits per heavy atom. The maximum atomic E-state index is 13.2. The number of nitrogens with zero attached hydrogens (tertiary/aromatic N) is 2. The zero-order chi connectivity index (χ0) is 25.7. The molecule has 0 aromatic heterocycles. The fourth-order valence-electron chi connectivity index (χ4n) is 5.13. The number of alkyl halides is 3. The number of Topliss-reactive ketones (excluding diaryl/α,β-unsaturated/α-hetero) is 1. The van der Waals surface area contributed by atoms with Gasteiger partial charge in [-0.25, -0.2) is 4.39 Å². The fourth-order valence-corrected chi connectivity index (χ4v) is 5.13. The number of ketones is 1. The zero-order valence-corrected chi connectivity index (χ0v) is 20.1. The summed E-state index contributed by atoms with van der Waals surface area (Å²) in [6.07, 6.45) is -0.794. The Kier molecular flexibility index (Phi) is 8.28. The van der Waals surface area contributed by atoms with E-state index in [1.165, 1.54) is 24.3 Å². The van der Waals surface area contributed by atoms with Gasteiger partial charge in [-0.3, -0.25) is 14.5 Å². The molecule has 0 radical (unpaired) electrons. The van der Waals surface area contributed by atoms with Crippen molar-refractivity contribution in [1.29, 1.82) is 0 Å². The number of likely N-dealkylation sites (tertiary alicyclic amines) is 1. The van der Waals surface area contributed by atoms with Crippen LogP contribution in [0, 0.1) is 5.82 Å². The minimum Gasteiger partial charge on any atom is -0.371 e. The number of nitrogens with one attached hydrogen (secondary N) is 1. The Balaban J connectivity index is 1.21. The lowest BCUT2D eigenvalue weighted by Crippen LogP contribution is -2.40. The Labute approximate surface area is 208 Å². The lowest BCUT2D eigenvalue weighted by atomic mass is 10.0. The van der Waals surface area contributed by atoms with Gasteiger partial charge >= 0.3 is 6.18 Å². The van der Waals surface area contributed by atoms with E-state index in [2.05, 4.69) is 15.1 Å². The molecule has 5 nitrogen and oxygen atoms in total. The van der Waals surface area contributed by atoms with Crippen LogP contribution in [-0.4, -0.2) is 54.9 Å². The smallest absolute Gasteiger partial charge is 0.371 e. The first-order chi connectivity index (χ1) is 17.2. The molecule has 0 aliphatic carbocycles. The number of benzene rings is 2. The van der Waals surface area contributed by atoms with Crippen LogP contribution in [0.3, 0.4) is 0 Å². The first-order valence-corrected chi connectivity index (χ1v) is 12.4. The van der Waals surface area contributed by atoms with Gasteiger partial charge < -0.3 is 10.2 Å².